The predicted molar refractivity (Wildman–Crippen MR) is 133 cm³/mol. The van der Waals surface area contributed by atoms with Crippen molar-refractivity contribution in [2.75, 3.05) is 26.2 Å². The van der Waals surface area contributed by atoms with E-state index in [0.717, 1.165) is 69.6 Å². The van der Waals surface area contributed by atoms with Crippen LogP contribution in [0.3, 0.4) is 0 Å². The topological polar surface area (TPSA) is 94.2 Å². The summed E-state index contributed by atoms with van der Waals surface area (Å²) in [6.45, 7) is 4.09. The summed E-state index contributed by atoms with van der Waals surface area (Å²) in [7, 11) is 0. The smallest absolute Gasteiger partial charge is 0.237 e. The molecule has 5 fully saturated rings. The second-order valence-electron chi connectivity index (χ2n) is 12.1. The number of rotatable bonds is 6. The summed E-state index contributed by atoms with van der Waals surface area (Å²) in [5, 5.41) is 14.9. The number of nitrogens with two attached hydrogens (primary N) is 1. The van der Waals surface area contributed by atoms with E-state index in [1.165, 1.54) is 57.8 Å². The van der Waals surface area contributed by atoms with Crippen molar-refractivity contribution in [1.29, 1.82) is 5.41 Å². The number of fused-ring (bicyclic) bond motifs is 2. The molecule has 5 aliphatic rings. The number of amidine groups is 1. The van der Waals surface area contributed by atoms with E-state index < -0.39 is 0 Å². The zero-order valence-electron chi connectivity index (χ0n) is 20.6. The van der Waals surface area contributed by atoms with E-state index in [0.29, 0.717) is 23.7 Å². The van der Waals surface area contributed by atoms with Gasteiger partial charge in [-0.05, 0) is 94.0 Å². The van der Waals surface area contributed by atoms with Crippen molar-refractivity contribution >= 4 is 11.7 Å². The molecule has 186 valence electrons. The van der Waals surface area contributed by atoms with Gasteiger partial charge in [-0.15, -0.1) is 0 Å². The monoisotopic (exact) mass is 457 g/mol. The molecule has 33 heavy (non-hydrogen) atoms. The molecule has 0 bridgehead atoms. The van der Waals surface area contributed by atoms with Crippen LogP contribution in [-0.2, 0) is 4.79 Å². The molecule has 0 aromatic heterocycles. The second-order valence-corrected chi connectivity index (χ2v) is 12.1. The average Bonchev–Trinajstić information content (AvgIpc) is 3.21. The molecule has 0 radical (unpaired) electrons. The molecule has 6 heteroatoms. The van der Waals surface area contributed by atoms with E-state index in [2.05, 4.69) is 15.5 Å². The zero-order valence-corrected chi connectivity index (χ0v) is 20.6. The summed E-state index contributed by atoms with van der Waals surface area (Å²) >= 11 is 0. The first-order valence-electron chi connectivity index (χ1n) is 14.2. The van der Waals surface area contributed by atoms with Crippen LogP contribution in [0, 0.1) is 40.9 Å². The molecule has 3 saturated carbocycles. The number of hydrogen-bond acceptors (Lipinski definition) is 4. The molecule has 7 unspecified atom stereocenters. The Morgan fingerprint density at radius 1 is 0.939 bits per heavy atom. The Labute approximate surface area is 200 Å². The number of nitrogens with zero attached hydrogens (tertiary/aromatic N) is 1. The van der Waals surface area contributed by atoms with Crippen LogP contribution in [0.4, 0.5) is 0 Å². The number of carbonyl (C=O) groups is 1. The van der Waals surface area contributed by atoms with Crippen molar-refractivity contribution in [2.24, 2.45) is 41.2 Å². The van der Waals surface area contributed by atoms with E-state index in [-0.39, 0.29) is 17.9 Å². The highest BCUT2D eigenvalue weighted by Gasteiger charge is 2.49. The van der Waals surface area contributed by atoms with Crippen molar-refractivity contribution in [3.8, 4) is 0 Å². The molecule has 7 atom stereocenters. The lowest BCUT2D eigenvalue weighted by atomic mass is 9.65. The van der Waals surface area contributed by atoms with Gasteiger partial charge in [0.15, 0.2) is 0 Å². The Balaban J connectivity index is 1.29. The minimum atomic E-state index is 0.0244. The zero-order chi connectivity index (χ0) is 22.8. The van der Waals surface area contributed by atoms with Gasteiger partial charge in [0, 0.05) is 25.0 Å². The predicted octanol–water partition coefficient (Wildman–Crippen LogP) is 3.50. The van der Waals surface area contributed by atoms with Crippen molar-refractivity contribution in [2.45, 2.75) is 95.6 Å². The number of nitrogens with one attached hydrogen (secondary N) is 3. The number of carbonyl (C=O) groups excluding carboxylic acids is 1. The van der Waals surface area contributed by atoms with E-state index in [1.54, 1.807) is 0 Å². The molecule has 6 nitrogen and oxygen atoms in total. The van der Waals surface area contributed by atoms with Gasteiger partial charge in [0.1, 0.15) is 0 Å². The molecule has 0 aromatic carbocycles. The third kappa shape index (κ3) is 5.27. The van der Waals surface area contributed by atoms with Gasteiger partial charge in [0.05, 0.1) is 11.9 Å². The molecule has 2 heterocycles. The van der Waals surface area contributed by atoms with Gasteiger partial charge in [0.2, 0.25) is 5.91 Å². The molecular formula is C27H47N5O. The molecule has 5 N–H and O–H groups in total. The molecule has 1 amide bonds. The lowest BCUT2D eigenvalue weighted by Gasteiger charge is -2.45. The van der Waals surface area contributed by atoms with Gasteiger partial charge in [-0.25, -0.2) is 0 Å². The molecule has 0 aromatic rings. The van der Waals surface area contributed by atoms with Crippen LogP contribution in [0.25, 0.3) is 0 Å². The third-order valence-corrected chi connectivity index (χ3v) is 10.2. The summed E-state index contributed by atoms with van der Waals surface area (Å²) in [5.74, 6) is 4.61. The lowest BCUT2D eigenvalue weighted by Crippen LogP contribution is -2.51. The Kier molecular flexibility index (Phi) is 7.61. The minimum absolute atomic E-state index is 0.0244. The van der Waals surface area contributed by atoms with E-state index >= 15 is 0 Å². The molecule has 2 aliphatic heterocycles. The average molecular weight is 458 g/mol. The Morgan fingerprint density at radius 2 is 1.73 bits per heavy atom. The maximum absolute atomic E-state index is 13.5. The molecule has 0 spiro atoms. The number of amides is 1. The molecule has 2 saturated heterocycles. The second kappa shape index (κ2) is 10.6. The first-order valence-corrected chi connectivity index (χ1v) is 14.2. The fourth-order valence-electron chi connectivity index (χ4n) is 8.36. The van der Waals surface area contributed by atoms with E-state index in [4.69, 9.17) is 11.1 Å². The van der Waals surface area contributed by atoms with E-state index in [9.17, 15) is 4.79 Å². The lowest BCUT2D eigenvalue weighted by molar-refractivity contribution is -0.126. The first-order chi connectivity index (χ1) is 16.1. The van der Waals surface area contributed by atoms with Crippen LogP contribution in [0.1, 0.15) is 83.5 Å². The van der Waals surface area contributed by atoms with Gasteiger partial charge in [-0.3, -0.25) is 15.1 Å². The standard InChI is InChI=1S/C27H47N5O/c28-26(29)21-9-8-20-14-25(27(33)31-16-18-10-12-30-13-11-18)32(24(20)15-21)17-22-6-3-5-19-4-1-2-7-23(19)22/h18-25,30H,1-17H2,(H3,28,29)(H,31,33). The summed E-state index contributed by atoms with van der Waals surface area (Å²) in [5.41, 5.74) is 5.97. The highest BCUT2D eigenvalue weighted by Crippen LogP contribution is 2.47. The Morgan fingerprint density at radius 3 is 2.55 bits per heavy atom. The van der Waals surface area contributed by atoms with Gasteiger partial charge >= 0.3 is 0 Å². The van der Waals surface area contributed by atoms with Crippen LogP contribution in [-0.4, -0.2) is 54.9 Å². The molecular weight excluding hydrogens is 410 g/mol. The van der Waals surface area contributed by atoms with Crippen LogP contribution in [0.15, 0.2) is 0 Å². The third-order valence-electron chi connectivity index (χ3n) is 10.2. The van der Waals surface area contributed by atoms with Crippen LogP contribution in [0.5, 0.6) is 0 Å². The normalized spacial score (nSPS) is 40.1. The van der Waals surface area contributed by atoms with Crippen molar-refractivity contribution in [3.05, 3.63) is 0 Å². The van der Waals surface area contributed by atoms with Crippen LogP contribution in [0.2, 0.25) is 0 Å². The van der Waals surface area contributed by atoms with Crippen molar-refractivity contribution < 1.29 is 4.79 Å². The summed E-state index contributed by atoms with van der Waals surface area (Å²) in [6.07, 6.45) is 16.3. The fraction of sp³-hybridized carbons (Fsp3) is 0.926. The number of likely N-dealkylation sites (tertiary alicyclic amines) is 1. The summed E-state index contributed by atoms with van der Waals surface area (Å²) < 4.78 is 0. The summed E-state index contributed by atoms with van der Waals surface area (Å²) in [6, 6.07) is 0.461. The molecule has 5 rings (SSSR count). The highest BCUT2D eigenvalue weighted by molar-refractivity contribution is 5.82. The van der Waals surface area contributed by atoms with Gasteiger partial charge < -0.3 is 16.4 Å². The minimum Gasteiger partial charge on any atom is -0.387 e. The van der Waals surface area contributed by atoms with E-state index in [1.807, 2.05) is 0 Å². The van der Waals surface area contributed by atoms with Crippen LogP contribution >= 0.6 is 0 Å². The summed E-state index contributed by atoms with van der Waals surface area (Å²) in [4.78, 5) is 16.2. The Bertz CT molecular complexity index is 690. The number of hydrogen-bond donors (Lipinski definition) is 4. The molecule has 3 aliphatic carbocycles. The van der Waals surface area contributed by atoms with Crippen molar-refractivity contribution in [1.82, 2.24) is 15.5 Å². The van der Waals surface area contributed by atoms with Gasteiger partial charge in [-0.2, -0.15) is 0 Å². The van der Waals surface area contributed by atoms with Gasteiger partial charge in [0.25, 0.3) is 0 Å². The number of piperidine rings is 1. The van der Waals surface area contributed by atoms with Crippen LogP contribution < -0.4 is 16.4 Å². The first kappa shape index (κ1) is 23.6. The Hall–Kier alpha value is -1.14. The largest absolute Gasteiger partial charge is 0.387 e. The highest BCUT2D eigenvalue weighted by atomic mass is 16.2. The quantitative estimate of drug-likeness (QED) is 0.363. The maximum Gasteiger partial charge on any atom is 0.237 e. The fourth-order valence-corrected chi connectivity index (χ4v) is 8.36. The SMILES string of the molecule is N=C(N)C1CCC2CC(C(=O)NCC3CCNCC3)N(CC3CCCC4CCCCC43)C2C1. The van der Waals surface area contributed by atoms with Gasteiger partial charge in [-0.1, -0.05) is 32.1 Å². The maximum atomic E-state index is 13.5. The van der Waals surface area contributed by atoms with Crippen molar-refractivity contribution in [3.63, 3.8) is 0 Å².